The minimum Gasteiger partial charge on any atom is -0.497 e. The zero-order valence-corrected chi connectivity index (χ0v) is 13.0. The van der Waals surface area contributed by atoms with E-state index in [0.717, 1.165) is 17.1 Å². The molecule has 24 heavy (non-hydrogen) atoms. The quantitative estimate of drug-likeness (QED) is 0.575. The lowest BCUT2D eigenvalue weighted by molar-refractivity contribution is 0.415. The Labute approximate surface area is 138 Å². The fraction of sp³-hybridized carbons (Fsp3) is 0.0556. The Morgan fingerprint density at radius 1 is 0.833 bits per heavy atom. The predicted molar refractivity (Wildman–Crippen MR) is 89.3 cm³/mol. The molecule has 0 aliphatic carbocycles. The van der Waals surface area contributed by atoms with Crippen molar-refractivity contribution in [2.24, 2.45) is 0 Å². The van der Waals surface area contributed by atoms with Crippen molar-refractivity contribution < 1.29 is 9.47 Å². The molecule has 0 bridgehead atoms. The number of fused-ring (bicyclic) bond motifs is 1. The highest BCUT2D eigenvalue weighted by Crippen LogP contribution is 2.24. The van der Waals surface area contributed by atoms with Crippen LogP contribution in [-0.4, -0.2) is 26.9 Å². The summed E-state index contributed by atoms with van der Waals surface area (Å²) >= 11 is 0. The number of ether oxygens (including phenoxy) is 2. The van der Waals surface area contributed by atoms with Gasteiger partial charge in [-0.1, -0.05) is 30.3 Å². The average molecular weight is 318 g/mol. The fourth-order valence-corrected chi connectivity index (χ4v) is 2.38. The van der Waals surface area contributed by atoms with Gasteiger partial charge in [-0.3, -0.25) is 0 Å². The van der Waals surface area contributed by atoms with Gasteiger partial charge in [-0.05, 0) is 30.3 Å². The van der Waals surface area contributed by atoms with Crippen molar-refractivity contribution >= 4 is 5.65 Å². The Hall–Kier alpha value is -3.41. The number of aromatic nitrogens is 4. The molecule has 2 aromatic carbocycles. The van der Waals surface area contributed by atoms with Crippen LogP contribution in [0.5, 0.6) is 17.4 Å². The normalized spacial score (nSPS) is 10.7. The molecule has 0 amide bonds. The van der Waals surface area contributed by atoms with Crippen LogP contribution in [0.25, 0.3) is 17.0 Å². The van der Waals surface area contributed by atoms with Crippen molar-refractivity contribution in [2.45, 2.75) is 0 Å². The molecule has 2 aromatic heterocycles. The predicted octanol–water partition coefficient (Wildman–Crippen LogP) is 3.59. The second kappa shape index (κ2) is 6.00. The van der Waals surface area contributed by atoms with Gasteiger partial charge in [0.25, 0.3) is 0 Å². The van der Waals surface area contributed by atoms with E-state index in [1.54, 1.807) is 17.7 Å². The van der Waals surface area contributed by atoms with E-state index in [-0.39, 0.29) is 0 Å². The van der Waals surface area contributed by atoms with E-state index in [4.69, 9.17) is 9.47 Å². The van der Waals surface area contributed by atoms with Crippen molar-refractivity contribution in [1.82, 2.24) is 19.8 Å². The van der Waals surface area contributed by atoms with Gasteiger partial charge in [0.2, 0.25) is 5.88 Å². The lowest BCUT2D eigenvalue weighted by Crippen LogP contribution is -1.98. The smallest absolute Gasteiger partial charge is 0.237 e. The molecule has 0 spiro atoms. The Balaban J connectivity index is 1.76. The molecule has 6 nitrogen and oxygen atoms in total. The molecule has 0 atom stereocenters. The highest BCUT2D eigenvalue weighted by molar-refractivity contribution is 5.60. The molecule has 0 aliphatic heterocycles. The van der Waals surface area contributed by atoms with Gasteiger partial charge in [0, 0.05) is 11.6 Å². The number of nitrogens with zero attached hydrogens (tertiary/aromatic N) is 4. The molecule has 2 heterocycles. The number of methoxy groups -OCH3 is 1. The topological polar surface area (TPSA) is 61.5 Å². The summed E-state index contributed by atoms with van der Waals surface area (Å²) < 4.78 is 12.7. The first-order chi connectivity index (χ1) is 11.8. The van der Waals surface area contributed by atoms with Crippen LogP contribution in [0.4, 0.5) is 0 Å². The first-order valence-electron chi connectivity index (χ1n) is 7.43. The van der Waals surface area contributed by atoms with Gasteiger partial charge in [0.05, 0.1) is 7.11 Å². The monoisotopic (exact) mass is 318 g/mol. The molecule has 4 aromatic rings. The number of benzene rings is 2. The summed E-state index contributed by atoms with van der Waals surface area (Å²) in [6.07, 6.45) is 0. The van der Waals surface area contributed by atoms with Crippen LogP contribution in [0.3, 0.4) is 0 Å². The summed E-state index contributed by atoms with van der Waals surface area (Å²) in [7, 11) is 1.63. The maximum Gasteiger partial charge on any atom is 0.237 e. The van der Waals surface area contributed by atoms with Crippen LogP contribution < -0.4 is 9.47 Å². The maximum atomic E-state index is 5.78. The molecular weight excluding hydrogens is 304 g/mol. The minimum absolute atomic E-state index is 0.470. The van der Waals surface area contributed by atoms with Gasteiger partial charge in [0.15, 0.2) is 11.5 Å². The van der Waals surface area contributed by atoms with Crippen LogP contribution in [0, 0.1) is 0 Å². The van der Waals surface area contributed by atoms with Crippen molar-refractivity contribution in [3.8, 4) is 28.8 Å². The molecule has 4 rings (SSSR count). The molecule has 0 unspecified atom stereocenters. The fourth-order valence-electron chi connectivity index (χ4n) is 2.38. The summed E-state index contributed by atoms with van der Waals surface area (Å²) in [6, 6.07) is 20.7. The molecule has 0 aliphatic rings. The lowest BCUT2D eigenvalue weighted by atomic mass is 10.2. The van der Waals surface area contributed by atoms with E-state index < -0.39 is 0 Å². The first-order valence-corrected chi connectivity index (χ1v) is 7.43. The highest BCUT2D eigenvalue weighted by atomic mass is 16.5. The molecule has 0 radical (unpaired) electrons. The summed E-state index contributed by atoms with van der Waals surface area (Å²) in [5.74, 6) is 2.57. The van der Waals surface area contributed by atoms with E-state index in [2.05, 4.69) is 15.3 Å². The highest BCUT2D eigenvalue weighted by Gasteiger charge is 2.11. The Bertz CT molecular complexity index is 983. The molecule has 6 heteroatoms. The standard InChI is InChI=1S/C18H14N4O2/c1-23-15-9-5-6-13(12-15)18-20-19-16-10-11-17(21-22(16)18)24-14-7-3-2-4-8-14/h2-12H,1H3. The van der Waals surface area contributed by atoms with Crippen LogP contribution in [-0.2, 0) is 0 Å². The number of hydrogen-bond acceptors (Lipinski definition) is 5. The summed E-state index contributed by atoms with van der Waals surface area (Å²) in [4.78, 5) is 0. The summed E-state index contributed by atoms with van der Waals surface area (Å²) in [5, 5.41) is 12.9. The van der Waals surface area contributed by atoms with E-state index in [1.165, 1.54) is 0 Å². The Morgan fingerprint density at radius 3 is 2.50 bits per heavy atom. The third kappa shape index (κ3) is 2.65. The van der Waals surface area contributed by atoms with Crippen molar-refractivity contribution in [1.29, 1.82) is 0 Å². The number of hydrogen-bond donors (Lipinski definition) is 0. The van der Waals surface area contributed by atoms with Crippen molar-refractivity contribution in [3.63, 3.8) is 0 Å². The van der Waals surface area contributed by atoms with Crippen LogP contribution in [0.1, 0.15) is 0 Å². The second-order valence-corrected chi connectivity index (χ2v) is 5.11. The number of rotatable bonds is 4. The summed E-state index contributed by atoms with van der Waals surface area (Å²) in [6.45, 7) is 0. The van der Waals surface area contributed by atoms with E-state index in [0.29, 0.717) is 17.4 Å². The van der Waals surface area contributed by atoms with Crippen LogP contribution in [0.15, 0.2) is 66.7 Å². The van der Waals surface area contributed by atoms with Crippen LogP contribution in [0.2, 0.25) is 0 Å². The van der Waals surface area contributed by atoms with E-state index in [1.807, 2.05) is 60.7 Å². The van der Waals surface area contributed by atoms with E-state index in [9.17, 15) is 0 Å². The van der Waals surface area contributed by atoms with Gasteiger partial charge >= 0.3 is 0 Å². The van der Waals surface area contributed by atoms with Gasteiger partial charge in [-0.25, -0.2) is 0 Å². The Kier molecular flexibility index (Phi) is 3.55. The SMILES string of the molecule is COc1cccc(-c2nnc3ccc(Oc4ccccc4)nn23)c1. The molecular formula is C18H14N4O2. The van der Waals surface area contributed by atoms with Gasteiger partial charge < -0.3 is 9.47 Å². The average Bonchev–Trinajstić information content (AvgIpc) is 3.06. The molecule has 118 valence electrons. The molecule has 0 saturated carbocycles. The van der Waals surface area contributed by atoms with Gasteiger partial charge in [0.1, 0.15) is 11.5 Å². The zero-order valence-electron chi connectivity index (χ0n) is 13.0. The number of para-hydroxylation sites is 1. The van der Waals surface area contributed by atoms with Crippen molar-refractivity contribution in [2.75, 3.05) is 7.11 Å². The summed E-state index contributed by atoms with van der Waals surface area (Å²) in [5.41, 5.74) is 1.51. The maximum absolute atomic E-state index is 5.78. The molecule has 0 N–H and O–H groups in total. The van der Waals surface area contributed by atoms with Gasteiger partial charge in [-0.15, -0.1) is 15.3 Å². The second-order valence-electron chi connectivity index (χ2n) is 5.11. The minimum atomic E-state index is 0.470. The first kappa shape index (κ1) is 14.2. The Morgan fingerprint density at radius 2 is 1.67 bits per heavy atom. The van der Waals surface area contributed by atoms with E-state index >= 15 is 0 Å². The van der Waals surface area contributed by atoms with Gasteiger partial charge in [-0.2, -0.15) is 4.52 Å². The van der Waals surface area contributed by atoms with Crippen molar-refractivity contribution in [3.05, 3.63) is 66.7 Å². The third-order valence-corrected chi connectivity index (χ3v) is 3.53. The lowest BCUT2D eigenvalue weighted by Gasteiger charge is -2.06. The van der Waals surface area contributed by atoms with Crippen LogP contribution >= 0.6 is 0 Å². The molecule has 0 fully saturated rings. The zero-order chi connectivity index (χ0) is 16.4. The molecule has 0 saturated heterocycles. The third-order valence-electron chi connectivity index (χ3n) is 3.53. The largest absolute Gasteiger partial charge is 0.497 e.